The lowest BCUT2D eigenvalue weighted by Crippen LogP contribution is -2.41. The van der Waals surface area contributed by atoms with Gasteiger partial charge in [-0.1, -0.05) is 30.3 Å². The molecule has 0 radical (unpaired) electrons. The molecule has 2 N–H and O–H groups in total. The summed E-state index contributed by atoms with van der Waals surface area (Å²) in [5, 5.41) is 4.89. The topological polar surface area (TPSA) is 61.4 Å². The molecule has 0 saturated carbocycles. The van der Waals surface area contributed by atoms with E-state index >= 15 is 0 Å². The second kappa shape index (κ2) is 9.41. The lowest BCUT2D eigenvalue weighted by atomic mass is 9.96. The average Bonchev–Trinajstić information content (AvgIpc) is 2.71. The third-order valence-corrected chi connectivity index (χ3v) is 4.89. The Morgan fingerprint density at radius 2 is 1.68 bits per heavy atom. The molecule has 148 valence electrons. The highest BCUT2D eigenvalue weighted by Crippen LogP contribution is 2.18. The molecule has 2 amide bonds. The van der Waals surface area contributed by atoms with Crippen molar-refractivity contribution in [3.8, 4) is 0 Å². The first kappa shape index (κ1) is 19.9. The standard InChI is InChI=1S/C21H23F2N3O2/c22-18-7-6-17(12-19(18)23)25-21(28)20(27)24-13-15-8-10-26(11-9-15)14-16-4-2-1-3-5-16/h1-7,12,15H,8-11,13-14H2,(H,24,27)(H,25,28). The van der Waals surface area contributed by atoms with Gasteiger partial charge in [-0.2, -0.15) is 0 Å². The molecule has 0 aliphatic carbocycles. The zero-order chi connectivity index (χ0) is 19.9. The first-order valence-electron chi connectivity index (χ1n) is 9.32. The van der Waals surface area contributed by atoms with Crippen LogP contribution in [-0.4, -0.2) is 36.3 Å². The van der Waals surface area contributed by atoms with Gasteiger partial charge in [0.25, 0.3) is 0 Å². The summed E-state index contributed by atoms with van der Waals surface area (Å²) in [6, 6.07) is 13.2. The number of hydrogen-bond acceptors (Lipinski definition) is 3. The Morgan fingerprint density at radius 1 is 0.964 bits per heavy atom. The number of amides is 2. The maximum Gasteiger partial charge on any atom is 0.313 e. The molecule has 2 aromatic rings. The zero-order valence-corrected chi connectivity index (χ0v) is 15.5. The number of rotatable bonds is 5. The lowest BCUT2D eigenvalue weighted by Gasteiger charge is -2.32. The number of nitrogens with one attached hydrogen (secondary N) is 2. The van der Waals surface area contributed by atoms with E-state index in [1.54, 1.807) is 0 Å². The van der Waals surface area contributed by atoms with Crippen LogP contribution in [0.4, 0.5) is 14.5 Å². The minimum absolute atomic E-state index is 0.0354. The second-order valence-corrected chi connectivity index (χ2v) is 7.00. The Bertz CT molecular complexity index is 822. The van der Waals surface area contributed by atoms with Gasteiger partial charge in [-0.15, -0.1) is 0 Å². The van der Waals surface area contributed by atoms with Crippen LogP contribution in [0, 0.1) is 17.6 Å². The van der Waals surface area contributed by atoms with Crippen molar-refractivity contribution >= 4 is 17.5 Å². The van der Waals surface area contributed by atoms with Crippen molar-refractivity contribution in [2.75, 3.05) is 25.0 Å². The SMILES string of the molecule is O=C(NCC1CCN(Cc2ccccc2)CC1)C(=O)Nc1ccc(F)c(F)c1. The van der Waals surface area contributed by atoms with Crippen molar-refractivity contribution in [3.05, 3.63) is 65.7 Å². The number of carbonyl (C=O) groups excluding carboxylic acids is 2. The molecule has 1 fully saturated rings. The molecule has 0 spiro atoms. The predicted octanol–water partition coefficient (Wildman–Crippen LogP) is 2.93. The molecule has 1 saturated heterocycles. The molecule has 1 aliphatic heterocycles. The van der Waals surface area contributed by atoms with E-state index in [-0.39, 0.29) is 5.69 Å². The lowest BCUT2D eigenvalue weighted by molar-refractivity contribution is -0.136. The number of likely N-dealkylation sites (tertiary alicyclic amines) is 1. The molecule has 1 heterocycles. The van der Waals surface area contributed by atoms with Gasteiger partial charge in [0.15, 0.2) is 11.6 Å². The third-order valence-electron chi connectivity index (χ3n) is 4.89. The van der Waals surface area contributed by atoms with E-state index in [2.05, 4.69) is 27.7 Å². The van der Waals surface area contributed by atoms with Crippen molar-refractivity contribution in [3.63, 3.8) is 0 Å². The predicted molar refractivity (Wildman–Crippen MR) is 102 cm³/mol. The van der Waals surface area contributed by atoms with Crippen LogP contribution in [0.1, 0.15) is 18.4 Å². The van der Waals surface area contributed by atoms with Crippen molar-refractivity contribution in [1.82, 2.24) is 10.2 Å². The van der Waals surface area contributed by atoms with E-state index in [4.69, 9.17) is 0 Å². The first-order valence-corrected chi connectivity index (χ1v) is 9.32. The number of carbonyl (C=O) groups is 2. The fraction of sp³-hybridized carbons (Fsp3) is 0.333. The minimum atomic E-state index is -1.08. The van der Waals surface area contributed by atoms with Crippen LogP contribution in [0.3, 0.4) is 0 Å². The van der Waals surface area contributed by atoms with E-state index in [1.165, 1.54) is 11.6 Å². The van der Waals surface area contributed by atoms with E-state index in [1.807, 2.05) is 18.2 Å². The van der Waals surface area contributed by atoms with Crippen molar-refractivity contribution in [2.45, 2.75) is 19.4 Å². The van der Waals surface area contributed by atoms with Gasteiger partial charge < -0.3 is 10.6 Å². The molecule has 0 aromatic heterocycles. The molecular formula is C21H23F2N3O2. The smallest absolute Gasteiger partial charge is 0.313 e. The number of anilines is 1. The van der Waals surface area contributed by atoms with Crippen LogP contribution < -0.4 is 10.6 Å². The Morgan fingerprint density at radius 3 is 2.36 bits per heavy atom. The molecule has 7 heteroatoms. The van der Waals surface area contributed by atoms with Crippen LogP contribution in [0.25, 0.3) is 0 Å². The van der Waals surface area contributed by atoms with Gasteiger partial charge in [0, 0.05) is 24.8 Å². The van der Waals surface area contributed by atoms with Crippen molar-refractivity contribution in [1.29, 1.82) is 0 Å². The van der Waals surface area contributed by atoms with Gasteiger partial charge in [0.1, 0.15) is 0 Å². The molecule has 2 aromatic carbocycles. The highest BCUT2D eigenvalue weighted by atomic mass is 19.2. The summed E-state index contributed by atoms with van der Waals surface area (Å²) in [5.41, 5.74) is 1.32. The largest absolute Gasteiger partial charge is 0.348 e. The quantitative estimate of drug-likeness (QED) is 0.776. The van der Waals surface area contributed by atoms with Crippen molar-refractivity contribution in [2.24, 2.45) is 5.92 Å². The van der Waals surface area contributed by atoms with Crippen LogP contribution in [0.15, 0.2) is 48.5 Å². The number of nitrogens with zero attached hydrogens (tertiary/aromatic N) is 1. The van der Waals surface area contributed by atoms with E-state index in [0.717, 1.165) is 44.6 Å². The van der Waals surface area contributed by atoms with Gasteiger partial charge in [0.2, 0.25) is 0 Å². The fourth-order valence-electron chi connectivity index (χ4n) is 3.27. The number of hydrogen-bond donors (Lipinski definition) is 2. The highest BCUT2D eigenvalue weighted by Gasteiger charge is 2.21. The molecule has 1 aliphatic rings. The second-order valence-electron chi connectivity index (χ2n) is 7.00. The highest BCUT2D eigenvalue weighted by molar-refractivity contribution is 6.39. The monoisotopic (exact) mass is 387 g/mol. The van der Waals surface area contributed by atoms with Gasteiger partial charge in [-0.3, -0.25) is 14.5 Å². The number of piperidine rings is 1. The van der Waals surface area contributed by atoms with Crippen LogP contribution in [0.2, 0.25) is 0 Å². The summed E-state index contributed by atoms with van der Waals surface area (Å²) in [6.07, 6.45) is 1.88. The van der Waals surface area contributed by atoms with Gasteiger partial charge >= 0.3 is 11.8 Å². The zero-order valence-electron chi connectivity index (χ0n) is 15.5. The maximum atomic E-state index is 13.2. The molecule has 28 heavy (non-hydrogen) atoms. The fourth-order valence-corrected chi connectivity index (χ4v) is 3.27. The van der Waals surface area contributed by atoms with E-state index in [0.29, 0.717) is 12.5 Å². The minimum Gasteiger partial charge on any atom is -0.348 e. The maximum absolute atomic E-state index is 13.2. The molecule has 0 bridgehead atoms. The van der Waals surface area contributed by atoms with Gasteiger partial charge in [-0.05, 0) is 49.5 Å². The van der Waals surface area contributed by atoms with E-state index < -0.39 is 23.4 Å². The summed E-state index contributed by atoms with van der Waals surface area (Å²) >= 11 is 0. The molecule has 3 rings (SSSR count). The van der Waals surface area contributed by atoms with Crippen molar-refractivity contribution < 1.29 is 18.4 Å². The summed E-state index contributed by atoms with van der Waals surface area (Å²) < 4.78 is 26.1. The van der Waals surface area contributed by atoms with Gasteiger partial charge in [-0.25, -0.2) is 8.78 Å². The Kier molecular flexibility index (Phi) is 6.71. The summed E-state index contributed by atoms with van der Waals surface area (Å²) in [7, 11) is 0. The summed E-state index contributed by atoms with van der Waals surface area (Å²) in [5.74, 6) is -3.46. The number of benzene rings is 2. The Labute approximate surface area is 162 Å². The van der Waals surface area contributed by atoms with Crippen LogP contribution in [-0.2, 0) is 16.1 Å². The molecule has 0 unspecified atom stereocenters. The van der Waals surface area contributed by atoms with Crippen LogP contribution in [0.5, 0.6) is 0 Å². The van der Waals surface area contributed by atoms with Gasteiger partial charge in [0.05, 0.1) is 0 Å². The van der Waals surface area contributed by atoms with Crippen LogP contribution >= 0.6 is 0 Å². The first-order chi connectivity index (χ1) is 13.5. The summed E-state index contributed by atoms with van der Waals surface area (Å²) in [6.45, 7) is 3.22. The Hall–Kier alpha value is -2.80. The normalized spacial score (nSPS) is 15.2. The molecule has 0 atom stereocenters. The number of halogens is 2. The van der Waals surface area contributed by atoms with E-state index in [9.17, 15) is 18.4 Å². The summed E-state index contributed by atoms with van der Waals surface area (Å²) in [4.78, 5) is 26.2. The molecular weight excluding hydrogens is 364 g/mol. The third kappa shape index (κ3) is 5.60. The Balaban J connectivity index is 1.39. The molecule has 5 nitrogen and oxygen atoms in total. The average molecular weight is 387 g/mol.